The smallest absolute Gasteiger partial charge is 0.328 e. The van der Waals surface area contributed by atoms with Crippen molar-refractivity contribution in [2.24, 2.45) is 0 Å². The molecule has 1 aliphatic rings. The third kappa shape index (κ3) is 5.25. The lowest BCUT2D eigenvalue weighted by atomic mass is 9.95. The SMILES string of the molecule is O=C(O)/C=C/C(=O)Nc1ccccc1C(=O)NC1CCCCC1. The number of para-hydroxylation sites is 1. The van der Waals surface area contributed by atoms with Crippen LogP contribution in [0.2, 0.25) is 0 Å². The minimum Gasteiger partial charge on any atom is -0.478 e. The fourth-order valence-electron chi connectivity index (χ4n) is 2.62. The van der Waals surface area contributed by atoms with Gasteiger partial charge in [0, 0.05) is 18.2 Å². The van der Waals surface area contributed by atoms with E-state index in [2.05, 4.69) is 10.6 Å². The van der Waals surface area contributed by atoms with Gasteiger partial charge >= 0.3 is 5.97 Å². The first-order valence-electron chi connectivity index (χ1n) is 7.68. The standard InChI is InChI=1S/C17H20N2O4/c20-15(10-11-16(21)22)19-14-9-5-4-8-13(14)17(23)18-12-6-2-1-3-7-12/h4-5,8-12H,1-3,6-7H2,(H,18,23)(H,19,20)(H,21,22)/b11-10+. The Labute approximate surface area is 134 Å². The summed E-state index contributed by atoms with van der Waals surface area (Å²) in [7, 11) is 0. The van der Waals surface area contributed by atoms with Crippen LogP contribution in [0.3, 0.4) is 0 Å². The first-order valence-corrected chi connectivity index (χ1v) is 7.68. The number of rotatable bonds is 5. The van der Waals surface area contributed by atoms with Crippen molar-refractivity contribution in [1.82, 2.24) is 5.32 Å². The van der Waals surface area contributed by atoms with Crippen LogP contribution in [0.1, 0.15) is 42.5 Å². The largest absolute Gasteiger partial charge is 0.478 e. The second-order valence-electron chi connectivity index (χ2n) is 5.51. The van der Waals surface area contributed by atoms with Gasteiger partial charge in [-0.25, -0.2) is 4.79 Å². The van der Waals surface area contributed by atoms with Crippen molar-refractivity contribution < 1.29 is 19.5 Å². The number of carboxylic acids is 1. The summed E-state index contributed by atoms with van der Waals surface area (Å²) >= 11 is 0. The van der Waals surface area contributed by atoms with Crippen molar-refractivity contribution >= 4 is 23.5 Å². The van der Waals surface area contributed by atoms with Gasteiger partial charge in [0.25, 0.3) is 5.91 Å². The Morgan fingerprint density at radius 2 is 1.74 bits per heavy atom. The Hall–Kier alpha value is -2.63. The average molecular weight is 316 g/mol. The number of amides is 2. The number of hydrogen-bond donors (Lipinski definition) is 3. The van der Waals surface area contributed by atoms with Crippen molar-refractivity contribution in [3.63, 3.8) is 0 Å². The van der Waals surface area contributed by atoms with Crippen LogP contribution in [0, 0.1) is 0 Å². The highest BCUT2D eigenvalue weighted by molar-refractivity contribution is 6.07. The first kappa shape index (κ1) is 16.7. The summed E-state index contributed by atoms with van der Waals surface area (Å²) < 4.78 is 0. The number of carbonyl (C=O) groups is 3. The lowest BCUT2D eigenvalue weighted by Crippen LogP contribution is -2.36. The topological polar surface area (TPSA) is 95.5 Å². The summed E-state index contributed by atoms with van der Waals surface area (Å²) in [5.74, 6) is -2.02. The van der Waals surface area contributed by atoms with Crippen LogP contribution in [0.15, 0.2) is 36.4 Å². The second kappa shape index (κ2) is 8.12. The Morgan fingerprint density at radius 3 is 2.43 bits per heavy atom. The van der Waals surface area contributed by atoms with Crippen molar-refractivity contribution in [1.29, 1.82) is 0 Å². The maximum absolute atomic E-state index is 12.4. The van der Waals surface area contributed by atoms with Crippen molar-refractivity contribution in [2.45, 2.75) is 38.1 Å². The van der Waals surface area contributed by atoms with Crippen LogP contribution in [-0.4, -0.2) is 28.9 Å². The maximum Gasteiger partial charge on any atom is 0.328 e. The van der Waals surface area contributed by atoms with E-state index in [4.69, 9.17) is 5.11 Å². The molecule has 0 atom stereocenters. The summed E-state index contributed by atoms with van der Waals surface area (Å²) in [6.45, 7) is 0. The van der Waals surface area contributed by atoms with Gasteiger partial charge in [0.15, 0.2) is 0 Å². The molecule has 0 aliphatic heterocycles. The van der Waals surface area contributed by atoms with E-state index < -0.39 is 11.9 Å². The molecule has 6 nitrogen and oxygen atoms in total. The minimum atomic E-state index is -1.21. The number of aliphatic carboxylic acids is 1. The molecule has 2 amide bonds. The Morgan fingerprint density at radius 1 is 1.04 bits per heavy atom. The van der Waals surface area contributed by atoms with Gasteiger partial charge in [-0.05, 0) is 25.0 Å². The van der Waals surface area contributed by atoms with Crippen molar-refractivity contribution in [3.05, 3.63) is 42.0 Å². The predicted molar refractivity (Wildman–Crippen MR) is 86.2 cm³/mol. The van der Waals surface area contributed by atoms with Crippen LogP contribution in [0.25, 0.3) is 0 Å². The highest BCUT2D eigenvalue weighted by Gasteiger charge is 2.18. The highest BCUT2D eigenvalue weighted by Crippen LogP contribution is 2.20. The quantitative estimate of drug-likeness (QED) is 0.726. The zero-order valence-corrected chi connectivity index (χ0v) is 12.7. The molecule has 23 heavy (non-hydrogen) atoms. The second-order valence-corrected chi connectivity index (χ2v) is 5.51. The van der Waals surface area contributed by atoms with E-state index in [1.54, 1.807) is 24.3 Å². The molecule has 0 bridgehead atoms. The molecule has 1 aromatic carbocycles. The monoisotopic (exact) mass is 316 g/mol. The molecule has 1 fully saturated rings. The van der Waals surface area contributed by atoms with Crippen LogP contribution in [-0.2, 0) is 9.59 Å². The van der Waals surface area contributed by atoms with Gasteiger partial charge in [0.2, 0.25) is 5.91 Å². The van der Waals surface area contributed by atoms with Crippen LogP contribution in [0.4, 0.5) is 5.69 Å². The third-order valence-corrected chi connectivity index (χ3v) is 3.75. The predicted octanol–water partition coefficient (Wildman–Crippen LogP) is 2.33. The zero-order chi connectivity index (χ0) is 16.7. The summed E-state index contributed by atoms with van der Waals surface area (Å²) in [4.78, 5) is 34.5. The molecule has 6 heteroatoms. The lowest BCUT2D eigenvalue weighted by Gasteiger charge is -2.23. The molecule has 0 aromatic heterocycles. The first-order chi connectivity index (χ1) is 11.1. The Bertz CT molecular complexity index is 619. The van der Waals surface area contributed by atoms with Crippen LogP contribution in [0.5, 0.6) is 0 Å². The van der Waals surface area contributed by atoms with E-state index in [0.717, 1.165) is 37.8 Å². The molecular weight excluding hydrogens is 296 g/mol. The average Bonchev–Trinajstić information content (AvgIpc) is 2.54. The molecule has 3 N–H and O–H groups in total. The Kier molecular flexibility index (Phi) is 5.91. The van der Waals surface area contributed by atoms with Crippen LogP contribution >= 0.6 is 0 Å². The molecule has 0 unspecified atom stereocenters. The summed E-state index contributed by atoms with van der Waals surface area (Å²) in [5.41, 5.74) is 0.732. The fourth-order valence-corrected chi connectivity index (χ4v) is 2.62. The molecule has 1 aromatic rings. The number of nitrogens with one attached hydrogen (secondary N) is 2. The number of carboxylic acid groups (broad SMARTS) is 1. The van der Waals surface area contributed by atoms with Gasteiger partial charge in [-0.1, -0.05) is 31.4 Å². The van der Waals surface area contributed by atoms with E-state index in [9.17, 15) is 14.4 Å². The maximum atomic E-state index is 12.4. The lowest BCUT2D eigenvalue weighted by molar-refractivity contribution is -0.131. The molecule has 2 rings (SSSR count). The molecule has 122 valence electrons. The number of anilines is 1. The van der Waals surface area contributed by atoms with Crippen molar-refractivity contribution in [2.75, 3.05) is 5.32 Å². The molecule has 1 aliphatic carbocycles. The molecular formula is C17H20N2O4. The third-order valence-electron chi connectivity index (χ3n) is 3.75. The number of benzene rings is 1. The van der Waals surface area contributed by atoms with E-state index in [1.165, 1.54) is 6.42 Å². The van der Waals surface area contributed by atoms with Gasteiger partial charge < -0.3 is 15.7 Å². The van der Waals surface area contributed by atoms with Gasteiger partial charge in [-0.15, -0.1) is 0 Å². The molecule has 0 spiro atoms. The number of carbonyl (C=O) groups excluding carboxylic acids is 2. The van der Waals surface area contributed by atoms with Gasteiger partial charge in [-0.3, -0.25) is 9.59 Å². The fraction of sp³-hybridized carbons (Fsp3) is 0.353. The summed E-state index contributed by atoms with van der Waals surface area (Å²) in [6.07, 6.45) is 7.04. The van der Waals surface area contributed by atoms with E-state index in [-0.39, 0.29) is 11.9 Å². The highest BCUT2D eigenvalue weighted by atomic mass is 16.4. The van der Waals surface area contributed by atoms with E-state index in [0.29, 0.717) is 11.3 Å². The van der Waals surface area contributed by atoms with Crippen LogP contribution < -0.4 is 10.6 Å². The molecule has 1 saturated carbocycles. The zero-order valence-electron chi connectivity index (χ0n) is 12.7. The normalized spacial score (nSPS) is 15.3. The summed E-state index contributed by atoms with van der Waals surface area (Å²) in [5, 5.41) is 14.1. The van der Waals surface area contributed by atoms with Crippen molar-refractivity contribution in [3.8, 4) is 0 Å². The van der Waals surface area contributed by atoms with Gasteiger partial charge in [-0.2, -0.15) is 0 Å². The molecule has 0 saturated heterocycles. The van der Waals surface area contributed by atoms with Gasteiger partial charge in [0.05, 0.1) is 11.3 Å². The minimum absolute atomic E-state index is 0.173. The van der Waals surface area contributed by atoms with E-state index >= 15 is 0 Å². The molecule has 0 radical (unpaired) electrons. The number of hydrogen-bond acceptors (Lipinski definition) is 3. The molecule has 0 heterocycles. The van der Waals surface area contributed by atoms with Gasteiger partial charge in [0.1, 0.15) is 0 Å². The Balaban J connectivity index is 2.05. The van der Waals surface area contributed by atoms with E-state index in [1.807, 2.05) is 0 Å². The summed E-state index contributed by atoms with van der Waals surface area (Å²) in [6, 6.07) is 6.84.